The Morgan fingerprint density at radius 1 is 1.24 bits per heavy atom. The van der Waals surface area contributed by atoms with Crippen LogP contribution < -0.4 is 0 Å². The maximum Gasteiger partial charge on any atom is 0.254 e. The molecule has 0 saturated heterocycles. The lowest BCUT2D eigenvalue weighted by Gasteiger charge is -2.34. The van der Waals surface area contributed by atoms with Crippen LogP contribution in [0.5, 0.6) is 0 Å². The van der Waals surface area contributed by atoms with Crippen LogP contribution in [0.25, 0.3) is 0 Å². The fourth-order valence-electron chi connectivity index (χ4n) is 2.77. The second-order valence-corrected chi connectivity index (χ2v) is 5.63. The topological polar surface area (TPSA) is 63.9 Å². The summed E-state index contributed by atoms with van der Waals surface area (Å²) in [6.07, 6.45) is 3.28. The van der Waals surface area contributed by atoms with E-state index in [4.69, 9.17) is 0 Å². The number of aromatic nitrogens is 4. The fourth-order valence-corrected chi connectivity index (χ4v) is 2.77. The van der Waals surface area contributed by atoms with E-state index in [1.165, 1.54) is 0 Å². The average molecular weight is 285 g/mol. The lowest BCUT2D eigenvalue weighted by atomic mass is 10.1. The summed E-state index contributed by atoms with van der Waals surface area (Å²) in [4.78, 5) is 18.4. The van der Waals surface area contributed by atoms with E-state index in [1.54, 1.807) is 24.5 Å². The Hall–Kier alpha value is -2.24. The maximum atomic E-state index is 12.6. The first-order chi connectivity index (χ1) is 10.1. The average Bonchev–Trinajstić information content (AvgIpc) is 2.93. The number of amides is 1. The molecule has 0 spiro atoms. The lowest BCUT2D eigenvalue weighted by molar-refractivity contribution is 0.0636. The first-order valence-corrected chi connectivity index (χ1v) is 7.23. The third-order valence-electron chi connectivity index (χ3n) is 3.92. The van der Waals surface area contributed by atoms with Gasteiger partial charge in [0.25, 0.3) is 5.91 Å². The summed E-state index contributed by atoms with van der Waals surface area (Å²) in [6.45, 7) is 7.64. The number of rotatable bonds is 2. The quantitative estimate of drug-likeness (QED) is 0.846. The van der Waals surface area contributed by atoms with Gasteiger partial charge in [-0.15, -0.1) is 10.2 Å². The van der Waals surface area contributed by atoms with E-state index in [2.05, 4.69) is 33.6 Å². The summed E-state index contributed by atoms with van der Waals surface area (Å²) in [6, 6.07) is 3.42. The minimum Gasteiger partial charge on any atom is -0.327 e. The van der Waals surface area contributed by atoms with Crippen molar-refractivity contribution < 1.29 is 4.79 Å². The highest BCUT2D eigenvalue weighted by Gasteiger charge is 2.32. The Morgan fingerprint density at radius 2 is 1.95 bits per heavy atom. The number of hydrogen-bond acceptors (Lipinski definition) is 4. The molecule has 1 amide bonds. The number of pyridine rings is 1. The van der Waals surface area contributed by atoms with Crippen LogP contribution >= 0.6 is 0 Å². The fraction of sp³-hybridized carbons (Fsp3) is 0.467. The first kappa shape index (κ1) is 13.7. The molecule has 2 aromatic rings. The smallest absolute Gasteiger partial charge is 0.254 e. The molecule has 1 aliphatic rings. The second-order valence-electron chi connectivity index (χ2n) is 5.63. The molecule has 0 radical (unpaired) electrons. The third-order valence-corrected chi connectivity index (χ3v) is 3.92. The van der Waals surface area contributed by atoms with Gasteiger partial charge in [-0.3, -0.25) is 9.78 Å². The van der Waals surface area contributed by atoms with Crippen molar-refractivity contribution in [2.24, 2.45) is 0 Å². The Morgan fingerprint density at radius 3 is 2.62 bits per heavy atom. The zero-order valence-corrected chi connectivity index (χ0v) is 12.5. The lowest BCUT2D eigenvalue weighted by Crippen LogP contribution is -2.41. The number of carbonyl (C=O) groups is 1. The molecule has 1 aliphatic heterocycles. The summed E-state index contributed by atoms with van der Waals surface area (Å²) >= 11 is 0. The van der Waals surface area contributed by atoms with Crippen LogP contribution in [0.15, 0.2) is 24.5 Å². The molecule has 0 N–H and O–H groups in total. The Kier molecular flexibility index (Phi) is 3.45. The normalized spacial score (nSPS) is 17.9. The van der Waals surface area contributed by atoms with Crippen LogP contribution in [-0.4, -0.2) is 37.1 Å². The standard InChI is InChI=1S/C15H19N5O/c1-10(2)13-17-18-14-11(3)19(8-9-20(13)14)15(21)12-4-6-16-7-5-12/h4-7,10-11H,8-9H2,1-3H3/t11-/m0/s1. The van der Waals surface area contributed by atoms with Crippen molar-refractivity contribution in [2.75, 3.05) is 6.54 Å². The van der Waals surface area contributed by atoms with Gasteiger partial charge in [-0.2, -0.15) is 0 Å². The Labute approximate surface area is 123 Å². The van der Waals surface area contributed by atoms with Gasteiger partial charge in [-0.1, -0.05) is 13.8 Å². The van der Waals surface area contributed by atoms with Crippen LogP contribution in [0.2, 0.25) is 0 Å². The zero-order valence-electron chi connectivity index (χ0n) is 12.5. The van der Waals surface area contributed by atoms with Crippen molar-refractivity contribution >= 4 is 5.91 Å². The molecule has 1 atom stereocenters. The van der Waals surface area contributed by atoms with Gasteiger partial charge in [0.05, 0.1) is 6.04 Å². The van der Waals surface area contributed by atoms with E-state index >= 15 is 0 Å². The van der Waals surface area contributed by atoms with Crippen molar-refractivity contribution in [1.82, 2.24) is 24.6 Å². The van der Waals surface area contributed by atoms with Crippen molar-refractivity contribution in [2.45, 2.75) is 39.3 Å². The van der Waals surface area contributed by atoms with E-state index in [-0.39, 0.29) is 11.9 Å². The van der Waals surface area contributed by atoms with Gasteiger partial charge in [-0.25, -0.2) is 0 Å². The molecule has 0 saturated carbocycles. The Balaban J connectivity index is 1.89. The van der Waals surface area contributed by atoms with Gasteiger partial charge < -0.3 is 9.47 Å². The van der Waals surface area contributed by atoms with Gasteiger partial charge in [0, 0.05) is 37.0 Å². The molecular formula is C15H19N5O. The number of nitrogens with zero attached hydrogens (tertiary/aromatic N) is 5. The van der Waals surface area contributed by atoms with Gasteiger partial charge in [0.1, 0.15) is 5.82 Å². The van der Waals surface area contributed by atoms with E-state index in [9.17, 15) is 4.79 Å². The van der Waals surface area contributed by atoms with Crippen LogP contribution in [0.3, 0.4) is 0 Å². The van der Waals surface area contributed by atoms with Crippen molar-refractivity contribution in [3.8, 4) is 0 Å². The molecule has 21 heavy (non-hydrogen) atoms. The highest BCUT2D eigenvalue weighted by molar-refractivity contribution is 5.94. The molecule has 110 valence electrons. The maximum absolute atomic E-state index is 12.6. The molecule has 0 aliphatic carbocycles. The minimum absolute atomic E-state index is 0.0187. The summed E-state index contributed by atoms with van der Waals surface area (Å²) < 4.78 is 2.14. The molecular weight excluding hydrogens is 266 g/mol. The van der Waals surface area contributed by atoms with Gasteiger partial charge in [0.15, 0.2) is 5.82 Å². The third kappa shape index (κ3) is 2.30. The molecule has 3 rings (SSSR count). The van der Waals surface area contributed by atoms with E-state index in [0.717, 1.165) is 18.2 Å². The molecule has 0 fully saturated rings. The van der Waals surface area contributed by atoms with Crippen LogP contribution in [0.4, 0.5) is 0 Å². The highest BCUT2D eigenvalue weighted by Crippen LogP contribution is 2.27. The largest absolute Gasteiger partial charge is 0.327 e. The van der Waals surface area contributed by atoms with Crippen LogP contribution in [0.1, 0.15) is 54.7 Å². The van der Waals surface area contributed by atoms with Crippen LogP contribution in [-0.2, 0) is 6.54 Å². The summed E-state index contributed by atoms with van der Waals surface area (Å²) in [5.74, 6) is 2.21. The monoisotopic (exact) mass is 285 g/mol. The second kappa shape index (κ2) is 5.27. The molecule has 6 nitrogen and oxygen atoms in total. The molecule has 6 heteroatoms. The summed E-state index contributed by atoms with van der Waals surface area (Å²) in [7, 11) is 0. The van der Waals surface area contributed by atoms with Gasteiger partial charge >= 0.3 is 0 Å². The number of fused-ring (bicyclic) bond motifs is 1. The SMILES string of the molecule is CC(C)c1nnc2n1CCN(C(=O)c1ccncc1)[C@H]2C. The van der Waals surface area contributed by atoms with Crippen LogP contribution in [0, 0.1) is 0 Å². The summed E-state index contributed by atoms with van der Waals surface area (Å²) in [5, 5.41) is 8.57. The van der Waals surface area contributed by atoms with Crippen molar-refractivity contribution in [3.63, 3.8) is 0 Å². The number of hydrogen-bond donors (Lipinski definition) is 0. The van der Waals surface area contributed by atoms with Crippen molar-refractivity contribution in [1.29, 1.82) is 0 Å². The minimum atomic E-state index is -0.0700. The predicted octanol–water partition coefficient (Wildman–Crippen LogP) is 2.01. The molecule has 3 heterocycles. The first-order valence-electron chi connectivity index (χ1n) is 7.23. The molecule has 0 unspecified atom stereocenters. The van der Waals surface area contributed by atoms with Gasteiger partial charge in [-0.05, 0) is 19.1 Å². The zero-order chi connectivity index (χ0) is 15.0. The predicted molar refractivity (Wildman–Crippen MR) is 77.8 cm³/mol. The van der Waals surface area contributed by atoms with Crippen molar-refractivity contribution in [3.05, 3.63) is 41.7 Å². The van der Waals surface area contributed by atoms with E-state index in [0.29, 0.717) is 18.0 Å². The Bertz CT molecular complexity index is 649. The van der Waals surface area contributed by atoms with E-state index in [1.807, 2.05) is 11.8 Å². The highest BCUT2D eigenvalue weighted by atomic mass is 16.2. The molecule has 2 aromatic heterocycles. The molecule has 0 bridgehead atoms. The summed E-state index contributed by atoms with van der Waals surface area (Å²) in [5.41, 5.74) is 0.661. The number of carbonyl (C=O) groups excluding carboxylic acids is 1. The van der Waals surface area contributed by atoms with Gasteiger partial charge in [0.2, 0.25) is 0 Å². The molecule has 0 aromatic carbocycles. The van der Waals surface area contributed by atoms with E-state index < -0.39 is 0 Å².